The molecule has 5 nitrogen and oxygen atoms in total. The van der Waals surface area contributed by atoms with E-state index in [4.69, 9.17) is 4.42 Å². The van der Waals surface area contributed by atoms with Crippen LogP contribution in [0, 0.1) is 6.92 Å². The first kappa shape index (κ1) is 13.2. The molecular formula is C16H16N4O. The fraction of sp³-hybridized carbons (Fsp3) is 0.125. The third-order valence-corrected chi connectivity index (χ3v) is 2.99. The topological polar surface area (TPSA) is 63.0 Å². The van der Waals surface area contributed by atoms with Gasteiger partial charge < -0.3 is 15.1 Å². The number of hydrogen-bond donors (Lipinski definition) is 2. The average Bonchev–Trinajstić information content (AvgIpc) is 3.01. The van der Waals surface area contributed by atoms with Crippen molar-refractivity contribution in [2.24, 2.45) is 0 Å². The van der Waals surface area contributed by atoms with Crippen LogP contribution in [-0.2, 0) is 6.54 Å². The summed E-state index contributed by atoms with van der Waals surface area (Å²) in [6, 6.07) is 13.7. The van der Waals surface area contributed by atoms with Gasteiger partial charge >= 0.3 is 0 Å². The molecule has 1 aromatic carbocycles. The van der Waals surface area contributed by atoms with Crippen molar-refractivity contribution in [1.29, 1.82) is 0 Å². The molecule has 0 aliphatic heterocycles. The monoisotopic (exact) mass is 280 g/mol. The lowest BCUT2D eigenvalue weighted by Gasteiger charge is -2.07. The number of aryl methyl sites for hydroxylation is 1. The van der Waals surface area contributed by atoms with Crippen molar-refractivity contribution in [2.75, 3.05) is 10.6 Å². The lowest BCUT2D eigenvalue weighted by Crippen LogP contribution is -2.03. The van der Waals surface area contributed by atoms with Crippen LogP contribution >= 0.6 is 0 Å². The summed E-state index contributed by atoms with van der Waals surface area (Å²) in [6.45, 7) is 2.65. The Hall–Kier alpha value is -2.82. The Bertz CT molecular complexity index is 693. The number of benzene rings is 1. The van der Waals surface area contributed by atoms with E-state index in [1.54, 1.807) is 12.5 Å². The normalized spacial score (nSPS) is 10.3. The molecule has 3 aromatic rings. The van der Waals surface area contributed by atoms with Crippen LogP contribution in [0.1, 0.15) is 11.3 Å². The van der Waals surface area contributed by atoms with Gasteiger partial charge in [0.15, 0.2) is 0 Å². The van der Waals surface area contributed by atoms with Crippen molar-refractivity contribution in [3.8, 4) is 0 Å². The predicted molar refractivity (Wildman–Crippen MR) is 82.5 cm³/mol. The van der Waals surface area contributed by atoms with Crippen molar-refractivity contribution in [3.05, 3.63) is 66.2 Å². The van der Waals surface area contributed by atoms with Crippen LogP contribution in [0.3, 0.4) is 0 Å². The summed E-state index contributed by atoms with van der Waals surface area (Å²) in [7, 11) is 0. The number of furan rings is 1. The SMILES string of the molecule is Cc1ccc(Nc2nccc(NCc3ccco3)n2)cc1. The molecule has 0 radical (unpaired) electrons. The molecule has 2 heterocycles. The van der Waals surface area contributed by atoms with Gasteiger partial charge in [0.25, 0.3) is 0 Å². The van der Waals surface area contributed by atoms with Gasteiger partial charge in [-0.25, -0.2) is 4.98 Å². The number of aromatic nitrogens is 2. The van der Waals surface area contributed by atoms with Crippen LogP contribution in [0.15, 0.2) is 59.3 Å². The first-order valence-electron chi connectivity index (χ1n) is 6.72. The maximum atomic E-state index is 5.27. The summed E-state index contributed by atoms with van der Waals surface area (Å²) in [4.78, 5) is 8.63. The molecule has 0 unspecified atom stereocenters. The molecule has 106 valence electrons. The molecule has 2 aromatic heterocycles. The smallest absolute Gasteiger partial charge is 0.229 e. The highest BCUT2D eigenvalue weighted by Gasteiger charge is 2.01. The number of nitrogens with zero attached hydrogens (tertiary/aromatic N) is 2. The summed E-state index contributed by atoms with van der Waals surface area (Å²) < 4.78 is 5.27. The zero-order valence-corrected chi connectivity index (χ0v) is 11.7. The Labute approximate surface area is 123 Å². The second-order valence-corrected chi connectivity index (χ2v) is 4.69. The van der Waals surface area contributed by atoms with E-state index in [-0.39, 0.29) is 0 Å². The quantitative estimate of drug-likeness (QED) is 0.745. The van der Waals surface area contributed by atoms with Gasteiger partial charge in [0.05, 0.1) is 12.8 Å². The summed E-state index contributed by atoms with van der Waals surface area (Å²) in [5.41, 5.74) is 2.18. The van der Waals surface area contributed by atoms with Crippen molar-refractivity contribution >= 4 is 17.5 Å². The van der Waals surface area contributed by atoms with E-state index in [2.05, 4.69) is 27.5 Å². The molecule has 0 aliphatic rings. The molecule has 0 spiro atoms. The minimum Gasteiger partial charge on any atom is -0.467 e. The largest absolute Gasteiger partial charge is 0.467 e. The van der Waals surface area contributed by atoms with Crippen molar-refractivity contribution in [1.82, 2.24) is 9.97 Å². The van der Waals surface area contributed by atoms with Gasteiger partial charge in [0.1, 0.15) is 11.6 Å². The Balaban J connectivity index is 1.66. The van der Waals surface area contributed by atoms with E-state index in [1.807, 2.05) is 42.5 Å². The fourth-order valence-corrected chi connectivity index (χ4v) is 1.87. The van der Waals surface area contributed by atoms with E-state index >= 15 is 0 Å². The lowest BCUT2D eigenvalue weighted by molar-refractivity contribution is 0.518. The maximum absolute atomic E-state index is 5.27. The van der Waals surface area contributed by atoms with E-state index in [0.717, 1.165) is 17.3 Å². The number of nitrogens with one attached hydrogen (secondary N) is 2. The fourth-order valence-electron chi connectivity index (χ4n) is 1.87. The summed E-state index contributed by atoms with van der Waals surface area (Å²) in [5.74, 6) is 2.17. The van der Waals surface area contributed by atoms with Gasteiger partial charge in [0.2, 0.25) is 5.95 Å². The van der Waals surface area contributed by atoms with E-state index < -0.39 is 0 Å². The number of hydrogen-bond acceptors (Lipinski definition) is 5. The minimum atomic E-state index is 0.559. The van der Waals surface area contributed by atoms with Crippen LogP contribution in [0.4, 0.5) is 17.5 Å². The Morgan fingerprint density at radius 1 is 1.10 bits per heavy atom. The summed E-state index contributed by atoms with van der Waals surface area (Å²) >= 11 is 0. The van der Waals surface area contributed by atoms with Crippen LogP contribution in [-0.4, -0.2) is 9.97 Å². The minimum absolute atomic E-state index is 0.559. The molecule has 3 rings (SSSR count). The molecule has 0 saturated heterocycles. The van der Waals surface area contributed by atoms with E-state index in [9.17, 15) is 0 Å². The molecule has 2 N–H and O–H groups in total. The molecule has 0 atom stereocenters. The summed E-state index contributed by atoms with van der Waals surface area (Å²) in [5, 5.41) is 6.38. The van der Waals surface area contributed by atoms with Gasteiger partial charge in [-0.1, -0.05) is 17.7 Å². The lowest BCUT2D eigenvalue weighted by atomic mass is 10.2. The maximum Gasteiger partial charge on any atom is 0.229 e. The van der Waals surface area contributed by atoms with Gasteiger partial charge in [-0.3, -0.25) is 0 Å². The summed E-state index contributed by atoms with van der Waals surface area (Å²) in [6.07, 6.45) is 3.37. The number of anilines is 3. The van der Waals surface area contributed by atoms with Crippen LogP contribution in [0.25, 0.3) is 0 Å². The zero-order valence-electron chi connectivity index (χ0n) is 11.7. The average molecular weight is 280 g/mol. The number of rotatable bonds is 5. The first-order chi connectivity index (χ1) is 10.3. The van der Waals surface area contributed by atoms with Gasteiger partial charge in [-0.05, 0) is 37.3 Å². The van der Waals surface area contributed by atoms with E-state index in [1.165, 1.54) is 5.56 Å². The Morgan fingerprint density at radius 2 is 1.95 bits per heavy atom. The molecule has 0 saturated carbocycles. The third kappa shape index (κ3) is 3.60. The Morgan fingerprint density at radius 3 is 2.71 bits per heavy atom. The van der Waals surface area contributed by atoms with Crippen LogP contribution in [0.5, 0.6) is 0 Å². The molecule has 0 amide bonds. The molecule has 0 fully saturated rings. The van der Waals surface area contributed by atoms with Crippen LogP contribution < -0.4 is 10.6 Å². The van der Waals surface area contributed by atoms with Crippen LogP contribution in [0.2, 0.25) is 0 Å². The van der Waals surface area contributed by atoms with Crippen molar-refractivity contribution < 1.29 is 4.42 Å². The van der Waals surface area contributed by atoms with Gasteiger partial charge in [-0.15, -0.1) is 0 Å². The zero-order chi connectivity index (χ0) is 14.5. The van der Waals surface area contributed by atoms with Gasteiger partial charge in [0, 0.05) is 11.9 Å². The second-order valence-electron chi connectivity index (χ2n) is 4.69. The molecule has 21 heavy (non-hydrogen) atoms. The second kappa shape index (κ2) is 6.09. The van der Waals surface area contributed by atoms with Crippen molar-refractivity contribution in [3.63, 3.8) is 0 Å². The first-order valence-corrected chi connectivity index (χ1v) is 6.72. The standard InChI is InChI=1S/C16H16N4O/c1-12-4-6-13(7-5-12)19-16-17-9-8-15(20-16)18-11-14-3-2-10-21-14/h2-10H,11H2,1H3,(H2,17,18,19,20). The van der Waals surface area contributed by atoms with Crippen molar-refractivity contribution in [2.45, 2.75) is 13.5 Å². The molecule has 0 bridgehead atoms. The van der Waals surface area contributed by atoms with E-state index in [0.29, 0.717) is 12.5 Å². The molecule has 5 heteroatoms. The molecule has 0 aliphatic carbocycles. The predicted octanol–water partition coefficient (Wildman–Crippen LogP) is 3.73. The highest BCUT2D eigenvalue weighted by atomic mass is 16.3. The molecular weight excluding hydrogens is 264 g/mol. The highest BCUT2D eigenvalue weighted by Crippen LogP contribution is 2.15. The van der Waals surface area contributed by atoms with Gasteiger partial charge in [-0.2, -0.15) is 4.98 Å². The Kier molecular flexibility index (Phi) is 3.82. The highest BCUT2D eigenvalue weighted by molar-refractivity contribution is 5.55. The third-order valence-electron chi connectivity index (χ3n) is 2.99.